The van der Waals surface area contributed by atoms with E-state index in [-0.39, 0.29) is 56.2 Å². The van der Waals surface area contributed by atoms with Gasteiger partial charge in [-0.1, -0.05) is 29.3 Å². The topological polar surface area (TPSA) is 193 Å². The molecule has 2 fully saturated rings. The van der Waals surface area contributed by atoms with Gasteiger partial charge in [0.2, 0.25) is 17.7 Å². The number of halogens is 3. The normalized spacial score (nSPS) is 14.6. The Morgan fingerprint density at radius 1 is 1.02 bits per heavy atom. The van der Waals surface area contributed by atoms with Crippen molar-refractivity contribution in [2.75, 3.05) is 24.4 Å². The Morgan fingerprint density at radius 2 is 1.69 bits per heavy atom. The summed E-state index contributed by atoms with van der Waals surface area (Å²) in [6.07, 6.45) is 4.45. The van der Waals surface area contributed by atoms with Crippen LogP contribution < -0.4 is 29.1 Å². The molecule has 6 rings (SSSR count). The number of ether oxygens (including phenoxy) is 4. The maximum atomic E-state index is 14.3. The quantitative estimate of drug-likeness (QED) is 0.203. The Labute approximate surface area is 300 Å². The summed E-state index contributed by atoms with van der Waals surface area (Å²) in [5.41, 5.74) is 0.621. The third-order valence-corrected chi connectivity index (χ3v) is 9.34. The van der Waals surface area contributed by atoms with Crippen molar-refractivity contribution in [1.29, 1.82) is 0 Å². The van der Waals surface area contributed by atoms with Gasteiger partial charge in [0.1, 0.15) is 17.2 Å². The fraction of sp³-hybridized carbons (Fsp3) is 0.290. The Morgan fingerprint density at radius 3 is 2.29 bits per heavy atom. The van der Waals surface area contributed by atoms with Crippen LogP contribution in [0.25, 0.3) is 5.65 Å². The van der Waals surface area contributed by atoms with Gasteiger partial charge in [0.25, 0.3) is 10.0 Å². The van der Waals surface area contributed by atoms with Crippen molar-refractivity contribution in [3.05, 3.63) is 69.9 Å². The predicted octanol–water partition coefficient (Wildman–Crippen LogP) is 5.88. The summed E-state index contributed by atoms with van der Waals surface area (Å²) in [7, 11) is -1.61. The van der Waals surface area contributed by atoms with Crippen molar-refractivity contribution >= 4 is 68.5 Å². The molecule has 0 unspecified atom stereocenters. The lowest BCUT2D eigenvalue weighted by Crippen LogP contribution is -2.35. The van der Waals surface area contributed by atoms with Crippen molar-refractivity contribution in [2.24, 2.45) is 0 Å². The summed E-state index contributed by atoms with van der Waals surface area (Å²) in [6, 6.07) is 7.45. The van der Waals surface area contributed by atoms with Crippen LogP contribution in [0, 0.1) is 5.82 Å². The van der Waals surface area contributed by atoms with Crippen molar-refractivity contribution in [3.63, 3.8) is 0 Å². The SMILES string of the molecule is CC(C)=C1OC(=O)N(c2cc(OC3CCCC3)c(Cl)cc2F)C1=O.COc1cc(OC)nc(NC(=O)NS(=O)(=O)c2c(Cl)nc3ccccn23)n1. The highest BCUT2D eigenvalue weighted by atomic mass is 35.5. The highest BCUT2D eigenvalue weighted by molar-refractivity contribution is 7.90. The second-order valence-electron chi connectivity index (χ2n) is 11.1. The number of imide groups is 1. The van der Waals surface area contributed by atoms with Crippen LogP contribution in [-0.2, 0) is 19.6 Å². The van der Waals surface area contributed by atoms with Crippen molar-refractivity contribution in [3.8, 4) is 17.5 Å². The van der Waals surface area contributed by atoms with Gasteiger partial charge >= 0.3 is 18.0 Å². The highest BCUT2D eigenvalue weighted by Crippen LogP contribution is 2.37. The van der Waals surface area contributed by atoms with Gasteiger partial charge in [-0.15, -0.1) is 0 Å². The second-order valence-corrected chi connectivity index (χ2v) is 13.4. The molecule has 1 saturated carbocycles. The van der Waals surface area contributed by atoms with Crippen LogP contribution in [0.3, 0.4) is 0 Å². The number of carbonyl (C=O) groups excluding carboxylic acids is 3. The number of hydrogen-bond acceptors (Lipinski definition) is 12. The molecular formula is C31H30Cl2FN7O9S. The van der Waals surface area contributed by atoms with Crippen LogP contribution in [0.5, 0.6) is 17.5 Å². The minimum atomic E-state index is -4.34. The maximum Gasteiger partial charge on any atom is 0.427 e. The molecule has 2 aliphatic rings. The first-order chi connectivity index (χ1) is 24.2. The van der Waals surface area contributed by atoms with Gasteiger partial charge in [-0.05, 0) is 63.3 Å². The fourth-order valence-corrected chi connectivity index (χ4v) is 6.75. The standard InChI is InChI=1S/C17H17ClFNO4.C14H13ClN6O5S/c1-9(2)15-16(21)20(17(22)24-15)13-8-14(11(18)7-12(13)19)23-10-5-3-4-6-10;1-25-9-7-10(26-2)18-13(17-9)19-14(22)20-27(23,24)12-11(15)16-8-5-3-4-6-21(8)12/h7-8,10H,3-6H2,1-2H3;3-7H,1-2H3,(H2,17,18,19,20,22). The Bertz CT molecular complexity index is 2130. The summed E-state index contributed by atoms with van der Waals surface area (Å²) in [4.78, 5) is 48.8. The van der Waals surface area contributed by atoms with E-state index >= 15 is 0 Å². The van der Waals surface area contributed by atoms with Gasteiger partial charge in [-0.3, -0.25) is 14.5 Å². The zero-order valence-corrected chi connectivity index (χ0v) is 29.7. The van der Waals surface area contributed by atoms with Crippen LogP contribution in [0.1, 0.15) is 39.5 Å². The molecule has 0 radical (unpaired) electrons. The number of amides is 4. The molecule has 4 heterocycles. The van der Waals surface area contributed by atoms with E-state index in [1.165, 1.54) is 36.9 Å². The number of nitrogens with one attached hydrogen (secondary N) is 2. The van der Waals surface area contributed by atoms with E-state index in [0.29, 0.717) is 16.1 Å². The number of carbonyl (C=O) groups is 3. The van der Waals surface area contributed by atoms with Gasteiger partial charge in [0.15, 0.2) is 15.9 Å². The zero-order chi connectivity index (χ0) is 37.0. The van der Waals surface area contributed by atoms with Crippen molar-refractivity contribution < 1.29 is 46.1 Å². The largest absolute Gasteiger partial charge is 0.489 e. The minimum Gasteiger partial charge on any atom is -0.489 e. The molecule has 1 aliphatic heterocycles. The highest BCUT2D eigenvalue weighted by Gasteiger charge is 2.40. The molecule has 1 saturated heterocycles. The van der Waals surface area contributed by atoms with Crippen molar-refractivity contribution in [2.45, 2.75) is 50.7 Å². The minimum absolute atomic E-state index is 0.00962. The number of imidazole rings is 1. The fourth-order valence-electron chi connectivity index (χ4n) is 5.00. The number of nitrogens with zero attached hydrogens (tertiary/aromatic N) is 5. The molecule has 0 bridgehead atoms. The number of sulfonamides is 1. The van der Waals surface area contributed by atoms with E-state index < -0.39 is 33.9 Å². The molecule has 1 aromatic carbocycles. The summed E-state index contributed by atoms with van der Waals surface area (Å²) in [6.45, 7) is 3.27. The molecule has 270 valence electrons. The van der Waals surface area contributed by atoms with Gasteiger partial charge in [0, 0.05) is 12.3 Å². The van der Waals surface area contributed by atoms with Gasteiger partial charge in [0.05, 0.1) is 37.1 Å². The lowest BCUT2D eigenvalue weighted by atomic mass is 10.2. The average Bonchev–Trinajstić information content (AvgIpc) is 3.79. The lowest BCUT2D eigenvalue weighted by molar-refractivity contribution is -0.114. The van der Waals surface area contributed by atoms with Crippen LogP contribution in [0.2, 0.25) is 10.2 Å². The Balaban J connectivity index is 0.000000199. The number of methoxy groups -OCH3 is 2. The molecule has 4 aromatic rings. The first kappa shape index (κ1) is 37.1. The lowest BCUT2D eigenvalue weighted by Gasteiger charge is -2.18. The van der Waals surface area contributed by atoms with Crippen LogP contribution in [0.15, 0.2) is 59.0 Å². The number of pyridine rings is 1. The molecule has 16 nitrogen and oxygen atoms in total. The van der Waals surface area contributed by atoms with Gasteiger partial charge in [-0.25, -0.2) is 28.6 Å². The summed E-state index contributed by atoms with van der Waals surface area (Å²) < 4.78 is 63.2. The van der Waals surface area contributed by atoms with Gasteiger partial charge < -0.3 is 18.9 Å². The molecule has 51 heavy (non-hydrogen) atoms. The molecule has 1 aliphatic carbocycles. The van der Waals surface area contributed by atoms with Crippen LogP contribution >= 0.6 is 23.2 Å². The number of urea groups is 1. The van der Waals surface area contributed by atoms with Crippen LogP contribution in [-0.4, -0.2) is 66.1 Å². The van der Waals surface area contributed by atoms with E-state index in [9.17, 15) is 27.2 Å². The summed E-state index contributed by atoms with van der Waals surface area (Å²) >= 11 is 12.0. The second kappa shape index (κ2) is 15.4. The third-order valence-electron chi connectivity index (χ3n) is 7.31. The molecular weight excluding hydrogens is 736 g/mol. The number of cyclic esters (lactones) is 1. The first-order valence-electron chi connectivity index (χ1n) is 15.0. The number of rotatable bonds is 8. The van der Waals surface area contributed by atoms with E-state index in [0.717, 1.165) is 31.7 Å². The molecule has 4 amide bonds. The number of hydrogen-bond donors (Lipinski definition) is 2. The molecule has 2 N–H and O–H groups in total. The zero-order valence-electron chi connectivity index (χ0n) is 27.4. The average molecular weight is 767 g/mol. The van der Waals surface area contributed by atoms with E-state index in [4.69, 9.17) is 42.1 Å². The number of fused-ring (bicyclic) bond motifs is 1. The predicted molar refractivity (Wildman–Crippen MR) is 181 cm³/mol. The first-order valence-corrected chi connectivity index (χ1v) is 17.3. The number of benzene rings is 1. The van der Waals surface area contributed by atoms with Gasteiger partial charge in [-0.2, -0.15) is 18.4 Å². The molecule has 3 aromatic heterocycles. The molecule has 20 heteroatoms. The number of anilines is 2. The molecule has 0 spiro atoms. The van der Waals surface area contributed by atoms with E-state index in [1.54, 1.807) is 32.0 Å². The number of allylic oxidation sites excluding steroid dienone is 1. The Kier molecular flexibility index (Phi) is 11.2. The van der Waals surface area contributed by atoms with E-state index in [1.807, 2.05) is 4.72 Å². The maximum absolute atomic E-state index is 14.3. The third kappa shape index (κ3) is 8.24. The Hall–Kier alpha value is -5.20. The van der Waals surface area contributed by atoms with E-state index in [2.05, 4.69) is 20.3 Å². The smallest absolute Gasteiger partial charge is 0.427 e. The summed E-state index contributed by atoms with van der Waals surface area (Å²) in [5, 5.41) is 1.64. The van der Waals surface area contributed by atoms with Crippen LogP contribution in [0.4, 0.5) is 25.6 Å². The summed E-state index contributed by atoms with van der Waals surface area (Å²) in [5.74, 6) is -1.32. The number of aromatic nitrogens is 4. The monoisotopic (exact) mass is 765 g/mol. The molecule has 0 atom stereocenters. The van der Waals surface area contributed by atoms with Crippen molar-refractivity contribution in [1.82, 2.24) is 24.1 Å².